The molecule has 0 bridgehead atoms. The van der Waals surface area contributed by atoms with E-state index in [0.717, 1.165) is 10.9 Å². The van der Waals surface area contributed by atoms with Crippen LogP contribution in [0, 0.1) is 0 Å². The minimum Gasteiger partial charge on any atom is -0.361 e. The quantitative estimate of drug-likeness (QED) is 0.377. The van der Waals surface area contributed by atoms with Gasteiger partial charge in [-0.05, 0) is 24.3 Å². The van der Waals surface area contributed by atoms with Crippen LogP contribution in [-0.4, -0.2) is 10.9 Å². The molecule has 2 rings (SSSR count). The number of aromatic amines is 1. The van der Waals surface area contributed by atoms with Gasteiger partial charge >= 0.3 is 0 Å². The van der Waals surface area contributed by atoms with Gasteiger partial charge in [0.15, 0.2) is 0 Å². The molecule has 0 atom stereocenters. The Morgan fingerprint density at radius 3 is 2.73 bits per heavy atom. The molecule has 0 fully saturated rings. The molecule has 4 nitrogen and oxygen atoms in total. The molecule has 0 saturated carbocycles. The van der Waals surface area contributed by atoms with Crippen molar-refractivity contribution in [2.24, 2.45) is 5.84 Å². The second-order valence-corrected chi connectivity index (χ2v) is 2.75. The zero-order valence-corrected chi connectivity index (χ0v) is 8.87. The topological polar surface area (TPSA) is 70.9 Å². The van der Waals surface area contributed by atoms with Crippen LogP contribution < -0.4 is 11.3 Å². The molecule has 1 aromatic heterocycles. The highest BCUT2D eigenvalue weighted by molar-refractivity contribution is 5.97. The van der Waals surface area contributed by atoms with E-state index in [1.54, 1.807) is 12.1 Å². The second-order valence-electron chi connectivity index (χ2n) is 2.75. The van der Waals surface area contributed by atoms with Gasteiger partial charge < -0.3 is 4.98 Å². The molecule has 0 radical (unpaired) electrons. The number of H-pyrrole nitrogens is 1. The maximum Gasteiger partial charge on any atom is 0.265 e. The minimum atomic E-state index is -0.275. The van der Waals surface area contributed by atoms with Gasteiger partial charge in [-0.3, -0.25) is 10.2 Å². The smallest absolute Gasteiger partial charge is 0.265 e. The SMILES string of the molecule is CC.NNC(=O)c1ccc2[nH]ccc2c1. The lowest BCUT2D eigenvalue weighted by molar-refractivity contribution is 0.0954. The van der Waals surface area contributed by atoms with Crippen LogP contribution in [0.25, 0.3) is 10.9 Å². The first-order chi connectivity index (χ1) is 7.31. The number of carbonyl (C=O) groups is 1. The molecular formula is C11H15N3O. The van der Waals surface area contributed by atoms with E-state index < -0.39 is 0 Å². The molecular weight excluding hydrogens is 190 g/mol. The van der Waals surface area contributed by atoms with Crippen LogP contribution in [0.3, 0.4) is 0 Å². The Morgan fingerprint density at radius 2 is 2.07 bits per heavy atom. The van der Waals surface area contributed by atoms with E-state index in [1.165, 1.54) is 0 Å². The highest BCUT2D eigenvalue weighted by Gasteiger charge is 2.03. The van der Waals surface area contributed by atoms with Crippen LogP contribution in [0.4, 0.5) is 0 Å². The molecule has 0 aliphatic heterocycles. The first kappa shape index (κ1) is 11.3. The van der Waals surface area contributed by atoms with E-state index in [9.17, 15) is 4.79 Å². The summed E-state index contributed by atoms with van der Waals surface area (Å²) in [6.45, 7) is 4.00. The lowest BCUT2D eigenvalue weighted by Gasteiger charge is -1.98. The number of aromatic nitrogens is 1. The minimum absolute atomic E-state index is 0.275. The fraction of sp³-hybridized carbons (Fsp3) is 0.182. The van der Waals surface area contributed by atoms with E-state index in [4.69, 9.17) is 5.84 Å². The number of fused-ring (bicyclic) bond motifs is 1. The molecule has 0 unspecified atom stereocenters. The number of nitrogen functional groups attached to an aromatic ring is 1. The van der Waals surface area contributed by atoms with E-state index >= 15 is 0 Å². The van der Waals surface area contributed by atoms with E-state index in [2.05, 4.69) is 10.4 Å². The Labute approximate surface area is 88.4 Å². The average molecular weight is 205 g/mol. The number of hydrogen-bond acceptors (Lipinski definition) is 2. The average Bonchev–Trinajstić information content (AvgIpc) is 2.77. The van der Waals surface area contributed by atoms with Crippen LogP contribution in [0.2, 0.25) is 0 Å². The summed E-state index contributed by atoms with van der Waals surface area (Å²) < 4.78 is 0. The number of rotatable bonds is 1. The summed E-state index contributed by atoms with van der Waals surface area (Å²) in [5.74, 6) is 4.74. The van der Waals surface area contributed by atoms with Crippen molar-refractivity contribution < 1.29 is 4.79 Å². The number of benzene rings is 1. The van der Waals surface area contributed by atoms with Gasteiger partial charge in [-0.15, -0.1) is 0 Å². The van der Waals surface area contributed by atoms with Crippen molar-refractivity contribution in [1.29, 1.82) is 0 Å². The number of hydrogen-bond donors (Lipinski definition) is 3. The molecule has 80 valence electrons. The molecule has 15 heavy (non-hydrogen) atoms. The normalized spacial score (nSPS) is 9.27. The van der Waals surface area contributed by atoms with Crippen LogP contribution in [0.5, 0.6) is 0 Å². The molecule has 4 N–H and O–H groups in total. The van der Waals surface area contributed by atoms with Crippen molar-refractivity contribution in [2.75, 3.05) is 0 Å². The Kier molecular flexibility index (Phi) is 3.88. The monoisotopic (exact) mass is 205 g/mol. The zero-order valence-electron chi connectivity index (χ0n) is 8.87. The van der Waals surface area contributed by atoms with Gasteiger partial charge in [-0.2, -0.15) is 0 Å². The van der Waals surface area contributed by atoms with Gasteiger partial charge in [0.25, 0.3) is 5.91 Å². The van der Waals surface area contributed by atoms with Gasteiger partial charge in [0.2, 0.25) is 0 Å². The third kappa shape index (κ3) is 2.35. The summed E-state index contributed by atoms with van der Waals surface area (Å²) in [5.41, 5.74) is 3.66. The third-order valence-electron chi connectivity index (χ3n) is 1.95. The van der Waals surface area contributed by atoms with E-state index in [0.29, 0.717) is 5.56 Å². The summed E-state index contributed by atoms with van der Waals surface area (Å²) in [6, 6.07) is 7.26. The van der Waals surface area contributed by atoms with Crippen LogP contribution >= 0.6 is 0 Å². The molecule has 0 aliphatic rings. The molecule has 1 amide bonds. The number of hydrazine groups is 1. The fourth-order valence-corrected chi connectivity index (χ4v) is 1.28. The molecule has 0 saturated heterocycles. The summed E-state index contributed by atoms with van der Waals surface area (Å²) in [6.07, 6.45) is 1.83. The van der Waals surface area contributed by atoms with Crippen molar-refractivity contribution in [1.82, 2.24) is 10.4 Å². The maximum atomic E-state index is 11.1. The predicted molar refractivity (Wildman–Crippen MR) is 61.3 cm³/mol. The summed E-state index contributed by atoms with van der Waals surface area (Å²) in [4.78, 5) is 14.2. The van der Waals surface area contributed by atoms with Crippen molar-refractivity contribution in [3.63, 3.8) is 0 Å². The van der Waals surface area contributed by atoms with Gasteiger partial charge in [0.1, 0.15) is 0 Å². The van der Waals surface area contributed by atoms with Gasteiger partial charge in [-0.25, -0.2) is 5.84 Å². The molecule has 0 aliphatic carbocycles. The van der Waals surface area contributed by atoms with Crippen LogP contribution in [-0.2, 0) is 0 Å². The largest absolute Gasteiger partial charge is 0.361 e. The van der Waals surface area contributed by atoms with Gasteiger partial charge in [0.05, 0.1) is 0 Å². The summed E-state index contributed by atoms with van der Waals surface area (Å²) in [5, 5.41) is 1.00. The first-order valence-corrected chi connectivity index (χ1v) is 4.89. The Bertz CT molecular complexity index is 448. The van der Waals surface area contributed by atoms with Crippen LogP contribution in [0.1, 0.15) is 24.2 Å². The lowest BCUT2D eigenvalue weighted by Crippen LogP contribution is -2.29. The van der Waals surface area contributed by atoms with Gasteiger partial charge in [-0.1, -0.05) is 13.8 Å². The Hall–Kier alpha value is -1.81. The molecule has 1 heterocycles. The third-order valence-corrected chi connectivity index (χ3v) is 1.95. The molecule has 2 aromatic rings. The predicted octanol–water partition coefficient (Wildman–Crippen LogP) is 1.80. The first-order valence-electron chi connectivity index (χ1n) is 4.89. The lowest BCUT2D eigenvalue weighted by atomic mass is 10.1. The second kappa shape index (κ2) is 5.17. The molecule has 0 spiro atoms. The number of nitrogens with two attached hydrogens (primary N) is 1. The summed E-state index contributed by atoms with van der Waals surface area (Å²) >= 11 is 0. The van der Waals surface area contributed by atoms with Crippen molar-refractivity contribution in [3.05, 3.63) is 36.0 Å². The van der Waals surface area contributed by atoms with Crippen molar-refractivity contribution >= 4 is 16.8 Å². The zero-order chi connectivity index (χ0) is 11.3. The summed E-state index contributed by atoms with van der Waals surface area (Å²) in [7, 11) is 0. The van der Waals surface area contributed by atoms with Crippen LogP contribution in [0.15, 0.2) is 30.5 Å². The highest BCUT2D eigenvalue weighted by Crippen LogP contribution is 2.13. The van der Waals surface area contributed by atoms with E-state index in [-0.39, 0.29) is 5.91 Å². The highest BCUT2D eigenvalue weighted by atomic mass is 16.2. The van der Waals surface area contributed by atoms with Gasteiger partial charge in [0, 0.05) is 22.7 Å². The number of amides is 1. The Balaban J connectivity index is 0.000000531. The fourth-order valence-electron chi connectivity index (χ4n) is 1.28. The molecule has 4 heteroatoms. The number of nitrogens with one attached hydrogen (secondary N) is 2. The standard InChI is InChI=1S/C9H9N3O.C2H6/c10-12-9(13)7-1-2-8-6(5-7)3-4-11-8;1-2/h1-5,11H,10H2,(H,12,13);1-2H3. The van der Waals surface area contributed by atoms with E-state index in [1.807, 2.05) is 32.2 Å². The van der Waals surface area contributed by atoms with Crippen molar-refractivity contribution in [2.45, 2.75) is 13.8 Å². The maximum absolute atomic E-state index is 11.1. The Morgan fingerprint density at radius 1 is 1.33 bits per heavy atom. The number of carbonyl (C=O) groups excluding carboxylic acids is 1. The molecule has 1 aromatic carbocycles. The van der Waals surface area contributed by atoms with Crippen molar-refractivity contribution in [3.8, 4) is 0 Å².